The Morgan fingerprint density at radius 2 is 2.08 bits per heavy atom. The molecule has 1 amide bonds. The van der Waals surface area contributed by atoms with Gasteiger partial charge in [-0.05, 0) is 25.1 Å². The maximum atomic E-state index is 11.9. The van der Waals surface area contributed by atoms with E-state index in [4.69, 9.17) is 9.15 Å². The maximum Gasteiger partial charge on any atom is 0.331 e. The average Bonchev–Trinajstić information content (AvgIpc) is 3.31. The summed E-state index contributed by atoms with van der Waals surface area (Å²) in [7, 11) is 0. The molecule has 132 valence electrons. The van der Waals surface area contributed by atoms with E-state index in [9.17, 15) is 9.59 Å². The van der Waals surface area contributed by atoms with E-state index in [0.717, 1.165) is 11.3 Å². The second-order valence-corrected chi connectivity index (χ2v) is 6.27. The van der Waals surface area contributed by atoms with Crippen LogP contribution in [0.15, 0.2) is 58.5 Å². The van der Waals surface area contributed by atoms with Crippen molar-refractivity contribution in [3.8, 4) is 11.3 Å². The van der Waals surface area contributed by atoms with Gasteiger partial charge in [-0.25, -0.2) is 9.78 Å². The number of nitrogens with one attached hydrogen (secondary N) is 1. The number of rotatable bonds is 6. The molecule has 0 aliphatic rings. The molecular weight excluding hydrogens is 352 g/mol. The molecule has 6 nitrogen and oxygen atoms in total. The number of ether oxygens (including phenoxy) is 1. The maximum absolute atomic E-state index is 11.9. The summed E-state index contributed by atoms with van der Waals surface area (Å²) < 4.78 is 9.93. The Bertz CT molecular complexity index is 911. The molecule has 1 N–H and O–H groups in total. The number of nitrogens with zero attached hydrogens (tertiary/aromatic N) is 1. The van der Waals surface area contributed by atoms with Crippen molar-refractivity contribution in [2.24, 2.45) is 0 Å². The topological polar surface area (TPSA) is 81.4 Å². The molecule has 0 atom stereocenters. The standard InChI is InChI=1S/C19H16N2O4S/c1-13-4-6-14(7-5-13)16-12-26-19(20-16)21-17(22)11-25-18(23)9-8-15-3-2-10-24-15/h2-10,12H,11H2,1H3,(H,20,21,22)/b9-8+. The number of carbonyl (C=O) groups is 2. The SMILES string of the molecule is Cc1ccc(-c2csc(NC(=O)COC(=O)/C=C/c3ccco3)n2)cc1. The summed E-state index contributed by atoms with van der Waals surface area (Å²) >= 11 is 1.31. The summed E-state index contributed by atoms with van der Waals surface area (Å²) in [6.45, 7) is 1.63. The van der Waals surface area contributed by atoms with Crippen LogP contribution in [0.5, 0.6) is 0 Å². The Morgan fingerprint density at radius 3 is 2.81 bits per heavy atom. The summed E-state index contributed by atoms with van der Waals surface area (Å²) in [6, 6.07) is 11.4. The molecule has 0 aliphatic heterocycles. The molecule has 2 aromatic heterocycles. The van der Waals surface area contributed by atoms with E-state index in [0.29, 0.717) is 10.9 Å². The largest absolute Gasteiger partial charge is 0.465 e. The van der Waals surface area contributed by atoms with Crippen molar-refractivity contribution in [3.05, 3.63) is 65.4 Å². The van der Waals surface area contributed by atoms with E-state index < -0.39 is 11.9 Å². The van der Waals surface area contributed by atoms with Crippen LogP contribution in [0.1, 0.15) is 11.3 Å². The minimum Gasteiger partial charge on any atom is -0.465 e. The zero-order valence-corrected chi connectivity index (χ0v) is 14.8. The van der Waals surface area contributed by atoms with Crippen molar-refractivity contribution in [2.75, 3.05) is 11.9 Å². The zero-order valence-electron chi connectivity index (χ0n) is 14.0. The molecular formula is C19H16N2O4S. The van der Waals surface area contributed by atoms with Crippen LogP contribution in [-0.4, -0.2) is 23.5 Å². The van der Waals surface area contributed by atoms with Gasteiger partial charge in [-0.1, -0.05) is 29.8 Å². The number of esters is 1. The monoisotopic (exact) mass is 368 g/mol. The van der Waals surface area contributed by atoms with Crippen LogP contribution >= 0.6 is 11.3 Å². The lowest BCUT2D eigenvalue weighted by Crippen LogP contribution is -2.20. The molecule has 7 heteroatoms. The lowest BCUT2D eigenvalue weighted by atomic mass is 10.1. The van der Waals surface area contributed by atoms with Gasteiger partial charge in [-0.2, -0.15) is 0 Å². The first-order chi connectivity index (χ1) is 12.6. The lowest BCUT2D eigenvalue weighted by Gasteiger charge is -2.02. The molecule has 0 unspecified atom stereocenters. The molecule has 2 heterocycles. The normalized spacial score (nSPS) is 10.8. The molecule has 0 fully saturated rings. The number of carbonyl (C=O) groups excluding carboxylic acids is 2. The van der Waals surface area contributed by atoms with E-state index in [1.54, 1.807) is 12.1 Å². The molecule has 3 aromatic rings. The van der Waals surface area contributed by atoms with Crippen LogP contribution in [-0.2, 0) is 14.3 Å². The number of hydrogen-bond acceptors (Lipinski definition) is 6. The second-order valence-electron chi connectivity index (χ2n) is 5.41. The second kappa shape index (κ2) is 8.26. The first-order valence-corrected chi connectivity index (χ1v) is 8.69. The molecule has 3 rings (SSSR count). The third-order valence-electron chi connectivity index (χ3n) is 3.37. The smallest absolute Gasteiger partial charge is 0.331 e. The summed E-state index contributed by atoms with van der Waals surface area (Å²) in [6.07, 6.45) is 4.16. The van der Waals surface area contributed by atoms with Crippen LogP contribution in [0.25, 0.3) is 17.3 Å². The molecule has 26 heavy (non-hydrogen) atoms. The molecule has 0 aliphatic carbocycles. The van der Waals surface area contributed by atoms with Crippen molar-refractivity contribution < 1.29 is 18.7 Å². The predicted octanol–water partition coefficient (Wildman–Crippen LogP) is 3.91. The van der Waals surface area contributed by atoms with E-state index in [-0.39, 0.29) is 6.61 Å². The number of benzene rings is 1. The van der Waals surface area contributed by atoms with Crippen molar-refractivity contribution >= 4 is 34.4 Å². The van der Waals surface area contributed by atoms with Crippen molar-refractivity contribution in [3.63, 3.8) is 0 Å². The molecule has 0 saturated carbocycles. The van der Waals surface area contributed by atoms with Crippen LogP contribution < -0.4 is 5.32 Å². The van der Waals surface area contributed by atoms with Gasteiger partial charge in [-0.3, -0.25) is 10.1 Å². The zero-order chi connectivity index (χ0) is 18.4. The number of hydrogen-bond donors (Lipinski definition) is 1. The Hall–Kier alpha value is -3.19. The van der Waals surface area contributed by atoms with Gasteiger partial charge >= 0.3 is 5.97 Å². The number of aryl methyl sites for hydroxylation is 1. The van der Waals surface area contributed by atoms with Gasteiger partial charge in [0.1, 0.15) is 5.76 Å². The Kier molecular flexibility index (Phi) is 5.60. The number of aromatic nitrogens is 1. The van der Waals surface area contributed by atoms with Crippen molar-refractivity contribution in [1.82, 2.24) is 4.98 Å². The first kappa shape index (κ1) is 17.6. The van der Waals surface area contributed by atoms with Crippen LogP contribution in [0.4, 0.5) is 5.13 Å². The summed E-state index contributed by atoms with van der Waals surface area (Å²) in [4.78, 5) is 27.8. The summed E-state index contributed by atoms with van der Waals surface area (Å²) in [5.74, 6) is -0.552. The van der Waals surface area contributed by atoms with Crippen LogP contribution in [0.2, 0.25) is 0 Å². The van der Waals surface area contributed by atoms with E-state index in [1.807, 2.05) is 36.6 Å². The highest BCUT2D eigenvalue weighted by Gasteiger charge is 2.10. The van der Waals surface area contributed by atoms with E-state index >= 15 is 0 Å². The van der Waals surface area contributed by atoms with Crippen molar-refractivity contribution in [2.45, 2.75) is 6.92 Å². The third-order valence-corrected chi connectivity index (χ3v) is 4.13. The van der Waals surface area contributed by atoms with Gasteiger partial charge in [0.2, 0.25) is 0 Å². The molecule has 0 bridgehead atoms. The Morgan fingerprint density at radius 1 is 1.27 bits per heavy atom. The van der Waals surface area contributed by atoms with Gasteiger partial charge in [0, 0.05) is 17.0 Å². The minimum atomic E-state index is -0.629. The van der Waals surface area contributed by atoms with Gasteiger partial charge in [0.25, 0.3) is 5.91 Å². The number of anilines is 1. The van der Waals surface area contributed by atoms with E-state index in [1.165, 1.54) is 35.3 Å². The quantitative estimate of drug-likeness (QED) is 0.527. The molecule has 0 radical (unpaired) electrons. The fourth-order valence-electron chi connectivity index (χ4n) is 2.06. The number of furan rings is 1. The Labute approximate surface area is 154 Å². The number of amides is 1. The van der Waals surface area contributed by atoms with Crippen LogP contribution in [0.3, 0.4) is 0 Å². The predicted molar refractivity (Wildman–Crippen MR) is 99.6 cm³/mol. The summed E-state index contributed by atoms with van der Waals surface area (Å²) in [5, 5.41) is 4.93. The van der Waals surface area contributed by atoms with Gasteiger partial charge < -0.3 is 9.15 Å². The highest BCUT2D eigenvalue weighted by Crippen LogP contribution is 2.25. The highest BCUT2D eigenvalue weighted by atomic mass is 32.1. The molecule has 0 saturated heterocycles. The number of thiazole rings is 1. The fraction of sp³-hybridized carbons (Fsp3) is 0.105. The molecule has 1 aromatic carbocycles. The molecule has 0 spiro atoms. The average molecular weight is 368 g/mol. The van der Waals surface area contributed by atoms with Gasteiger partial charge in [-0.15, -0.1) is 11.3 Å². The Balaban J connectivity index is 1.49. The third kappa shape index (κ3) is 4.90. The van der Waals surface area contributed by atoms with Crippen molar-refractivity contribution in [1.29, 1.82) is 0 Å². The summed E-state index contributed by atoms with van der Waals surface area (Å²) in [5.41, 5.74) is 2.92. The lowest BCUT2D eigenvalue weighted by molar-refractivity contribution is -0.142. The van der Waals surface area contributed by atoms with Gasteiger partial charge in [0.05, 0.1) is 12.0 Å². The van der Waals surface area contributed by atoms with Gasteiger partial charge in [0.15, 0.2) is 11.7 Å². The highest BCUT2D eigenvalue weighted by molar-refractivity contribution is 7.14. The fourth-order valence-corrected chi connectivity index (χ4v) is 2.80. The minimum absolute atomic E-state index is 0.388. The van der Waals surface area contributed by atoms with E-state index in [2.05, 4.69) is 10.3 Å². The first-order valence-electron chi connectivity index (χ1n) is 7.81. The van der Waals surface area contributed by atoms with Crippen LogP contribution in [0, 0.1) is 6.92 Å².